The molecule has 0 amide bonds. The lowest BCUT2D eigenvalue weighted by atomic mass is 9.96. The van der Waals surface area contributed by atoms with Gasteiger partial charge < -0.3 is 5.32 Å². The van der Waals surface area contributed by atoms with Crippen molar-refractivity contribution in [3.8, 4) is 0 Å². The van der Waals surface area contributed by atoms with Crippen molar-refractivity contribution in [1.29, 1.82) is 0 Å². The molecule has 0 aliphatic heterocycles. The molecule has 1 aliphatic carbocycles. The van der Waals surface area contributed by atoms with Crippen molar-refractivity contribution in [2.75, 3.05) is 5.32 Å². The summed E-state index contributed by atoms with van der Waals surface area (Å²) in [6, 6.07) is 1.08. The Bertz CT molecular complexity index is 398. The maximum absolute atomic E-state index is 4.67. The van der Waals surface area contributed by atoms with Crippen molar-refractivity contribution >= 4 is 5.69 Å². The molecule has 1 aromatic rings. The maximum atomic E-state index is 4.67. The SMILES string of the molecule is Cc1nn(C(C)C)c(C)c1NC1CCCCCCC1. The van der Waals surface area contributed by atoms with Crippen LogP contribution in [-0.2, 0) is 0 Å². The first kappa shape index (κ1) is 14.4. The number of hydrogen-bond acceptors (Lipinski definition) is 2. The summed E-state index contributed by atoms with van der Waals surface area (Å²) in [7, 11) is 0. The topological polar surface area (TPSA) is 29.9 Å². The third kappa shape index (κ3) is 3.52. The second-order valence-electron chi connectivity index (χ2n) is 6.27. The van der Waals surface area contributed by atoms with Gasteiger partial charge in [-0.2, -0.15) is 5.10 Å². The van der Waals surface area contributed by atoms with Crippen LogP contribution in [0.1, 0.15) is 76.2 Å². The van der Waals surface area contributed by atoms with Crippen molar-refractivity contribution in [2.45, 2.75) is 84.7 Å². The quantitative estimate of drug-likeness (QED) is 0.863. The Kier molecular flexibility index (Phi) is 4.89. The standard InChI is InChI=1S/C16H29N3/c1-12(2)19-14(4)16(13(3)18-19)17-15-10-8-6-5-7-9-11-15/h12,15,17H,5-11H2,1-4H3. The Hall–Kier alpha value is -0.990. The monoisotopic (exact) mass is 263 g/mol. The molecular weight excluding hydrogens is 234 g/mol. The highest BCUT2D eigenvalue weighted by molar-refractivity contribution is 5.52. The Balaban J connectivity index is 2.09. The largest absolute Gasteiger partial charge is 0.379 e. The molecule has 0 saturated heterocycles. The van der Waals surface area contributed by atoms with Crippen LogP contribution in [-0.4, -0.2) is 15.8 Å². The summed E-state index contributed by atoms with van der Waals surface area (Å²) in [5.74, 6) is 0. The summed E-state index contributed by atoms with van der Waals surface area (Å²) in [6.07, 6.45) is 9.60. The van der Waals surface area contributed by atoms with Crippen LogP contribution in [0.25, 0.3) is 0 Å². The van der Waals surface area contributed by atoms with Crippen LogP contribution in [0, 0.1) is 13.8 Å². The van der Waals surface area contributed by atoms with E-state index in [1.807, 2.05) is 0 Å². The van der Waals surface area contributed by atoms with E-state index in [0.29, 0.717) is 12.1 Å². The lowest BCUT2D eigenvalue weighted by Gasteiger charge is -2.22. The number of rotatable bonds is 3. The lowest BCUT2D eigenvalue weighted by molar-refractivity contribution is 0.471. The molecule has 0 atom stereocenters. The van der Waals surface area contributed by atoms with E-state index >= 15 is 0 Å². The minimum atomic E-state index is 0.437. The minimum Gasteiger partial charge on any atom is -0.379 e. The molecule has 0 aromatic carbocycles. The summed E-state index contributed by atoms with van der Waals surface area (Å²) in [5, 5.41) is 8.45. The molecule has 1 saturated carbocycles. The van der Waals surface area contributed by atoms with Gasteiger partial charge in [-0.25, -0.2) is 0 Å². The van der Waals surface area contributed by atoms with Gasteiger partial charge in [-0.05, 0) is 40.5 Å². The van der Waals surface area contributed by atoms with Crippen molar-refractivity contribution in [2.24, 2.45) is 0 Å². The second-order valence-corrected chi connectivity index (χ2v) is 6.27. The van der Waals surface area contributed by atoms with Gasteiger partial charge in [0.2, 0.25) is 0 Å². The van der Waals surface area contributed by atoms with Crippen LogP contribution in [0.15, 0.2) is 0 Å². The van der Waals surface area contributed by atoms with Gasteiger partial charge in [-0.15, -0.1) is 0 Å². The van der Waals surface area contributed by atoms with Gasteiger partial charge in [-0.3, -0.25) is 4.68 Å². The van der Waals surface area contributed by atoms with E-state index in [0.717, 1.165) is 5.69 Å². The predicted molar refractivity (Wildman–Crippen MR) is 81.8 cm³/mol. The number of anilines is 1. The van der Waals surface area contributed by atoms with Crippen LogP contribution in [0.4, 0.5) is 5.69 Å². The molecule has 1 aliphatic rings. The Labute approximate surface area is 117 Å². The normalized spacial score (nSPS) is 18.4. The average molecular weight is 263 g/mol. The number of hydrogen-bond donors (Lipinski definition) is 1. The van der Waals surface area contributed by atoms with Gasteiger partial charge in [0.05, 0.1) is 17.1 Å². The lowest BCUT2D eigenvalue weighted by Crippen LogP contribution is -2.21. The summed E-state index contributed by atoms with van der Waals surface area (Å²) in [5.41, 5.74) is 3.71. The van der Waals surface area contributed by atoms with Crippen LogP contribution < -0.4 is 5.32 Å². The van der Waals surface area contributed by atoms with Crippen LogP contribution >= 0.6 is 0 Å². The highest BCUT2D eigenvalue weighted by Gasteiger charge is 2.17. The van der Waals surface area contributed by atoms with E-state index in [1.165, 1.54) is 56.3 Å². The number of aromatic nitrogens is 2. The number of aryl methyl sites for hydroxylation is 1. The van der Waals surface area contributed by atoms with Gasteiger partial charge in [0.25, 0.3) is 0 Å². The molecule has 19 heavy (non-hydrogen) atoms. The number of nitrogens with one attached hydrogen (secondary N) is 1. The summed E-state index contributed by atoms with van der Waals surface area (Å²) < 4.78 is 2.14. The molecule has 1 fully saturated rings. The average Bonchev–Trinajstić information content (AvgIpc) is 2.60. The highest BCUT2D eigenvalue weighted by Crippen LogP contribution is 2.26. The Morgan fingerprint density at radius 2 is 1.63 bits per heavy atom. The fraction of sp³-hybridized carbons (Fsp3) is 0.812. The fourth-order valence-electron chi connectivity index (χ4n) is 3.18. The van der Waals surface area contributed by atoms with E-state index in [2.05, 4.69) is 42.8 Å². The molecule has 0 radical (unpaired) electrons. The molecule has 3 nitrogen and oxygen atoms in total. The first-order chi connectivity index (χ1) is 9.09. The van der Waals surface area contributed by atoms with Gasteiger partial charge in [-0.1, -0.05) is 32.1 Å². The third-order valence-electron chi connectivity index (χ3n) is 4.27. The van der Waals surface area contributed by atoms with Crippen molar-refractivity contribution in [1.82, 2.24) is 9.78 Å². The van der Waals surface area contributed by atoms with Crippen LogP contribution in [0.2, 0.25) is 0 Å². The summed E-state index contributed by atoms with van der Waals surface area (Å²) >= 11 is 0. The molecular formula is C16H29N3. The van der Waals surface area contributed by atoms with Gasteiger partial charge in [0.1, 0.15) is 0 Å². The van der Waals surface area contributed by atoms with E-state index in [4.69, 9.17) is 0 Å². The van der Waals surface area contributed by atoms with Crippen LogP contribution in [0.3, 0.4) is 0 Å². The highest BCUT2D eigenvalue weighted by atomic mass is 15.3. The maximum Gasteiger partial charge on any atom is 0.0828 e. The first-order valence-corrected chi connectivity index (χ1v) is 7.92. The molecule has 0 spiro atoms. The van der Waals surface area contributed by atoms with Gasteiger partial charge >= 0.3 is 0 Å². The third-order valence-corrected chi connectivity index (χ3v) is 4.27. The molecule has 1 heterocycles. The molecule has 0 bridgehead atoms. The van der Waals surface area contributed by atoms with Gasteiger partial charge in [0, 0.05) is 12.1 Å². The van der Waals surface area contributed by atoms with Crippen molar-refractivity contribution in [3.63, 3.8) is 0 Å². The molecule has 3 heteroatoms. The van der Waals surface area contributed by atoms with E-state index in [1.54, 1.807) is 0 Å². The first-order valence-electron chi connectivity index (χ1n) is 7.92. The number of nitrogens with zero attached hydrogens (tertiary/aromatic N) is 2. The van der Waals surface area contributed by atoms with Crippen molar-refractivity contribution < 1.29 is 0 Å². The Morgan fingerprint density at radius 1 is 1.05 bits per heavy atom. The Morgan fingerprint density at radius 3 is 2.16 bits per heavy atom. The summed E-state index contributed by atoms with van der Waals surface area (Å²) in [6.45, 7) is 8.69. The van der Waals surface area contributed by atoms with Crippen LogP contribution in [0.5, 0.6) is 0 Å². The zero-order valence-corrected chi connectivity index (χ0v) is 13.0. The minimum absolute atomic E-state index is 0.437. The predicted octanol–water partition coefficient (Wildman–Crippen LogP) is 4.61. The molecule has 108 valence electrons. The van der Waals surface area contributed by atoms with E-state index in [-0.39, 0.29) is 0 Å². The van der Waals surface area contributed by atoms with Crippen molar-refractivity contribution in [3.05, 3.63) is 11.4 Å². The zero-order chi connectivity index (χ0) is 13.8. The molecule has 0 unspecified atom stereocenters. The summed E-state index contributed by atoms with van der Waals surface area (Å²) in [4.78, 5) is 0. The second kappa shape index (κ2) is 6.44. The fourth-order valence-corrected chi connectivity index (χ4v) is 3.18. The molecule has 1 N–H and O–H groups in total. The van der Waals surface area contributed by atoms with Gasteiger partial charge in [0.15, 0.2) is 0 Å². The molecule has 1 aromatic heterocycles. The van der Waals surface area contributed by atoms with E-state index < -0.39 is 0 Å². The molecule has 2 rings (SSSR count). The van der Waals surface area contributed by atoms with E-state index in [9.17, 15) is 0 Å². The smallest absolute Gasteiger partial charge is 0.0828 e. The zero-order valence-electron chi connectivity index (χ0n) is 13.0.